The predicted octanol–water partition coefficient (Wildman–Crippen LogP) is 2.10. The molecule has 2 bridgehead atoms. The Morgan fingerprint density at radius 1 is 1.21 bits per heavy atom. The quantitative estimate of drug-likeness (QED) is 0.460. The lowest BCUT2D eigenvalue weighted by molar-refractivity contribution is 0.200. The molecule has 78 valence electrons. The van der Waals surface area contributed by atoms with Crippen molar-refractivity contribution in [2.24, 2.45) is 27.1 Å². The molecule has 2 N–H and O–H groups in total. The van der Waals surface area contributed by atoms with Gasteiger partial charge in [-0.1, -0.05) is 31.1 Å². The summed E-state index contributed by atoms with van der Waals surface area (Å²) in [4.78, 5) is 0. The number of nitrogens with zero attached hydrogens (tertiary/aromatic N) is 2. The van der Waals surface area contributed by atoms with Crippen LogP contribution in [0.3, 0.4) is 0 Å². The monoisotopic (exact) mass is 196 g/mol. The Bertz CT molecular complexity index is 333. The van der Waals surface area contributed by atoms with Crippen LogP contribution < -0.4 is 0 Å². The topological polar surface area (TPSA) is 65.2 Å². The molecule has 2 fully saturated rings. The molecule has 2 aliphatic carbocycles. The maximum atomic E-state index is 8.98. The van der Waals surface area contributed by atoms with Gasteiger partial charge in [-0.05, 0) is 18.3 Å². The Morgan fingerprint density at radius 2 is 1.86 bits per heavy atom. The fourth-order valence-corrected chi connectivity index (χ4v) is 3.13. The zero-order chi connectivity index (χ0) is 10.6. The molecule has 0 unspecified atom stereocenters. The maximum Gasteiger partial charge on any atom is 0.111 e. The maximum absolute atomic E-state index is 8.98. The Kier molecular flexibility index (Phi) is 1.69. The SMILES string of the molecule is CC1(C)[C@@H]2CC[C@@]1(C)C(=N/O)/C2=N\O. The van der Waals surface area contributed by atoms with Crippen LogP contribution in [-0.4, -0.2) is 21.8 Å². The molecule has 2 rings (SSSR count). The Morgan fingerprint density at radius 3 is 2.29 bits per heavy atom. The van der Waals surface area contributed by atoms with Gasteiger partial charge < -0.3 is 10.4 Å². The van der Waals surface area contributed by atoms with E-state index in [1.54, 1.807) is 0 Å². The number of fused-ring (bicyclic) bond motifs is 2. The Hall–Kier alpha value is -1.06. The molecule has 0 saturated heterocycles. The third-order valence-electron chi connectivity index (χ3n) is 4.53. The van der Waals surface area contributed by atoms with Crippen molar-refractivity contribution in [3.8, 4) is 0 Å². The molecule has 0 radical (unpaired) electrons. The van der Waals surface area contributed by atoms with E-state index >= 15 is 0 Å². The number of hydrogen-bond donors (Lipinski definition) is 2. The molecule has 0 aromatic rings. The average Bonchev–Trinajstić information content (AvgIpc) is 2.46. The fraction of sp³-hybridized carbons (Fsp3) is 0.800. The van der Waals surface area contributed by atoms with Crippen LogP contribution in [0.25, 0.3) is 0 Å². The highest BCUT2D eigenvalue weighted by molar-refractivity contribution is 6.47. The molecule has 0 spiro atoms. The van der Waals surface area contributed by atoms with E-state index in [-0.39, 0.29) is 16.7 Å². The zero-order valence-corrected chi connectivity index (χ0v) is 8.78. The van der Waals surface area contributed by atoms with Crippen LogP contribution in [0.2, 0.25) is 0 Å². The van der Waals surface area contributed by atoms with Crippen molar-refractivity contribution in [3.63, 3.8) is 0 Å². The van der Waals surface area contributed by atoms with Crippen LogP contribution in [0.5, 0.6) is 0 Å². The van der Waals surface area contributed by atoms with Crippen molar-refractivity contribution < 1.29 is 10.4 Å². The Labute approximate surface area is 83.3 Å². The van der Waals surface area contributed by atoms with Crippen LogP contribution in [0, 0.1) is 16.7 Å². The van der Waals surface area contributed by atoms with E-state index in [4.69, 9.17) is 10.4 Å². The lowest BCUT2D eigenvalue weighted by atomic mass is 9.70. The Balaban J connectivity index is 2.60. The minimum atomic E-state index is -0.145. The molecule has 0 heterocycles. The summed E-state index contributed by atoms with van der Waals surface area (Å²) in [5.41, 5.74) is 1.02. The second-order valence-electron chi connectivity index (χ2n) is 5.08. The molecule has 4 nitrogen and oxygen atoms in total. The highest BCUT2D eigenvalue weighted by Gasteiger charge is 2.64. The van der Waals surface area contributed by atoms with Gasteiger partial charge in [-0.2, -0.15) is 0 Å². The first-order valence-electron chi connectivity index (χ1n) is 4.94. The third-order valence-corrected chi connectivity index (χ3v) is 4.53. The summed E-state index contributed by atoms with van der Waals surface area (Å²) in [5, 5.41) is 24.5. The highest BCUT2D eigenvalue weighted by Crippen LogP contribution is 2.62. The van der Waals surface area contributed by atoms with Crippen LogP contribution in [0.4, 0.5) is 0 Å². The standard InChI is InChI=1S/C10H16N2O2/c1-9(2)6-4-5-10(9,3)8(12-14)7(6)11-13/h6,13-14H,4-5H2,1-3H3/b11-7-,12-8+/t6-,10+/m1/s1. The zero-order valence-electron chi connectivity index (χ0n) is 8.78. The lowest BCUT2D eigenvalue weighted by Gasteiger charge is -2.32. The molecule has 14 heavy (non-hydrogen) atoms. The predicted molar refractivity (Wildman–Crippen MR) is 53.1 cm³/mol. The van der Waals surface area contributed by atoms with Crippen molar-refractivity contribution in [2.75, 3.05) is 0 Å². The van der Waals surface area contributed by atoms with Gasteiger partial charge in [0, 0.05) is 11.3 Å². The van der Waals surface area contributed by atoms with Gasteiger partial charge in [-0.3, -0.25) is 0 Å². The first-order chi connectivity index (χ1) is 6.49. The lowest BCUT2D eigenvalue weighted by Crippen LogP contribution is -2.33. The van der Waals surface area contributed by atoms with Crippen LogP contribution in [0.1, 0.15) is 33.6 Å². The van der Waals surface area contributed by atoms with Crippen molar-refractivity contribution in [2.45, 2.75) is 33.6 Å². The summed E-state index contributed by atoms with van der Waals surface area (Å²) >= 11 is 0. The average molecular weight is 196 g/mol. The summed E-state index contributed by atoms with van der Waals surface area (Å²) in [7, 11) is 0. The summed E-state index contributed by atoms with van der Waals surface area (Å²) in [5.74, 6) is 0.225. The number of hydrogen-bond acceptors (Lipinski definition) is 4. The highest BCUT2D eigenvalue weighted by atomic mass is 16.4. The molecule has 0 aromatic carbocycles. The van der Waals surface area contributed by atoms with Crippen molar-refractivity contribution in [3.05, 3.63) is 0 Å². The van der Waals surface area contributed by atoms with Gasteiger partial charge >= 0.3 is 0 Å². The smallest absolute Gasteiger partial charge is 0.111 e. The fourth-order valence-electron chi connectivity index (χ4n) is 3.13. The molecule has 2 aliphatic rings. The largest absolute Gasteiger partial charge is 0.411 e. The van der Waals surface area contributed by atoms with Crippen LogP contribution in [-0.2, 0) is 0 Å². The molecule has 0 aliphatic heterocycles. The van der Waals surface area contributed by atoms with E-state index in [1.807, 2.05) is 0 Å². The van der Waals surface area contributed by atoms with Crippen molar-refractivity contribution >= 4 is 11.4 Å². The number of rotatable bonds is 0. The normalized spacial score (nSPS) is 45.2. The first kappa shape index (κ1) is 9.49. The van der Waals surface area contributed by atoms with Gasteiger partial charge in [0.2, 0.25) is 0 Å². The molecule has 2 saturated carbocycles. The molecule has 2 atom stereocenters. The van der Waals surface area contributed by atoms with Gasteiger partial charge in [0.15, 0.2) is 0 Å². The first-order valence-corrected chi connectivity index (χ1v) is 4.94. The minimum Gasteiger partial charge on any atom is -0.411 e. The third kappa shape index (κ3) is 0.751. The minimum absolute atomic E-state index is 0.0239. The van der Waals surface area contributed by atoms with Crippen LogP contribution in [0.15, 0.2) is 10.3 Å². The molecule has 4 heteroatoms. The van der Waals surface area contributed by atoms with E-state index in [0.29, 0.717) is 11.4 Å². The van der Waals surface area contributed by atoms with Gasteiger partial charge in [0.25, 0.3) is 0 Å². The summed E-state index contributed by atoms with van der Waals surface area (Å²) in [6.45, 7) is 6.38. The summed E-state index contributed by atoms with van der Waals surface area (Å²) in [6.07, 6.45) is 2.02. The van der Waals surface area contributed by atoms with E-state index in [0.717, 1.165) is 12.8 Å². The van der Waals surface area contributed by atoms with Crippen molar-refractivity contribution in [1.29, 1.82) is 0 Å². The van der Waals surface area contributed by atoms with Gasteiger partial charge in [0.05, 0.1) is 0 Å². The van der Waals surface area contributed by atoms with E-state index in [9.17, 15) is 0 Å². The molecule has 0 aromatic heterocycles. The van der Waals surface area contributed by atoms with Gasteiger partial charge in [-0.25, -0.2) is 0 Å². The second kappa shape index (κ2) is 2.49. The van der Waals surface area contributed by atoms with E-state index in [1.165, 1.54) is 0 Å². The van der Waals surface area contributed by atoms with E-state index < -0.39 is 0 Å². The van der Waals surface area contributed by atoms with E-state index in [2.05, 4.69) is 31.1 Å². The second-order valence-corrected chi connectivity index (χ2v) is 5.08. The van der Waals surface area contributed by atoms with Crippen molar-refractivity contribution in [1.82, 2.24) is 0 Å². The summed E-state index contributed by atoms with van der Waals surface area (Å²) in [6, 6.07) is 0. The summed E-state index contributed by atoms with van der Waals surface area (Å²) < 4.78 is 0. The molecule has 0 amide bonds. The molecular formula is C10H16N2O2. The van der Waals surface area contributed by atoms with Crippen LogP contribution >= 0.6 is 0 Å². The molecular weight excluding hydrogens is 180 g/mol. The van der Waals surface area contributed by atoms with Gasteiger partial charge in [-0.15, -0.1) is 0 Å². The van der Waals surface area contributed by atoms with Gasteiger partial charge in [0.1, 0.15) is 11.4 Å². The number of oxime groups is 2.